The molecule has 5 heteroatoms. The fraction of sp³-hybridized carbons (Fsp3) is 0.700. The number of pyridine rings is 1. The minimum atomic E-state index is -0.0708. The Morgan fingerprint density at radius 3 is 2.64 bits per heavy atom. The standard InChI is InChI=1S/C20H31N3O2/c1-2-25-19-17(10-9-13-21-19)18(24)22-16-20(11-5-3-6-12-20)23-14-7-4-8-15-23/h9-10,13H,2-8,11-12,14-16H2,1H3,(H,22,24). The molecule has 138 valence electrons. The largest absolute Gasteiger partial charge is 0.477 e. The van der Waals surface area contributed by atoms with Gasteiger partial charge in [0.1, 0.15) is 5.56 Å². The second-order valence-electron chi connectivity index (χ2n) is 7.30. The number of ether oxygens (including phenoxy) is 1. The van der Waals surface area contributed by atoms with Crippen LogP contribution in [0.25, 0.3) is 0 Å². The number of nitrogens with one attached hydrogen (secondary N) is 1. The molecule has 3 rings (SSSR count). The Morgan fingerprint density at radius 1 is 1.20 bits per heavy atom. The van der Waals surface area contributed by atoms with Crippen LogP contribution in [-0.2, 0) is 0 Å². The number of hydrogen-bond acceptors (Lipinski definition) is 4. The van der Waals surface area contributed by atoms with E-state index in [1.54, 1.807) is 18.3 Å². The van der Waals surface area contributed by atoms with Crippen molar-refractivity contribution >= 4 is 5.91 Å². The fourth-order valence-electron chi connectivity index (χ4n) is 4.34. The van der Waals surface area contributed by atoms with E-state index in [0.717, 1.165) is 6.54 Å². The predicted molar refractivity (Wildman–Crippen MR) is 99.0 cm³/mol. The fourth-order valence-corrected chi connectivity index (χ4v) is 4.34. The van der Waals surface area contributed by atoms with Crippen molar-refractivity contribution in [3.63, 3.8) is 0 Å². The molecule has 0 bridgehead atoms. The highest BCUT2D eigenvalue weighted by atomic mass is 16.5. The first-order valence-corrected chi connectivity index (χ1v) is 9.86. The molecule has 1 N–H and O–H groups in total. The van der Waals surface area contributed by atoms with Gasteiger partial charge in [0.25, 0.3) is 5.91 Å². The molecular weight excluding hydrogens is 314 g/mol. The lowest BCUT2D eigenvalue weighted by atomic mass is 9.79. The van der Waals surface area contributed by atoms with Crippen LogP contribution in [0, 0.1) is 0 Å². The smallest absolute Gasteiger partial charge is 0.256 e. The summed E-state index contributed by atoms with van der Waals surface area (Å²) in [6, 6.07) is 3.58. The van der Waals surface area contributed by atoms with Crippen LogP contribution in [-0.4, -0.2) is 47.6 Å². The van der Waals surface area contributed by atoms with Gasteiger partial charge >= 0.3 is 0 Å². The summed E-state index contributed by atoms with van der Waals surface area (Å²) >= 11 is 0. The number of rotatable bonds is 6. The van der Waals surface area contributed by atoms with Crippen molar-refractivity contribution in [3.8, 4) is 5.88 Å². The molecule has 0 unspecified atom stereocenters. The highest BCUT2D eigenvalue weighted by Crippen LogP contribution is 2.35. The van der Waals surface area contributed by atoms with E-state index in [1.807, 2.05) is 6.92 Å². The van der Waals surface area contributed by atoms with Gasteiger partial charge in [0.05, 0.1) is 6.61 Å². The average molecular weight is 345 g/mol. The van der Waals surface area contributed by atoms with Crippen LogP contribution in [0.2, 0.25) is 0 Å². The lowest BCUT2D eigenvalue weighted by Crippen LogP contribution is -2.58. The van der Waals surface area contributed by atoms with Crippen molar-refractivity contribution in [2.75, 3.05) is 26.2 Å². The SMILES string of the molecule is CCOc1ncccc1C(=O)NCC1(N2CCCCC2)CCCCC1. The highest BCUT2D eigenvalue weighted by molar-refractivity contribution is 5.96. The Bertz CT molecular complexity index is 564. The quantitative estimate of drug-likeness (QED) is 0.858. The molecule has 1 aliphatic carbocycles. The van der Waals surface area contributed by atoms with Crippen molar-refractivity contribution in [1.82, 2.24) is 15.2 Å². The van der Waals surface area contributed by atoms with E-state index in [9.17, 15) is 4.79 Å². The van der Waals surface area contributed by atoms with Gasteiger partial charge in [0, 0.05) is 18.3 Å². The third kappa shape index (κ3) is 4.32. The zero-order valence-electron chi connectivity index (χ0n) is 15.4. The molecular formula is C20H31N3O2. The molecule has 5 nitrogen and oxygen atoms in total. The second kappa shape index (κ2) is 8.65. The Kier molecular flexibility index (Phi) is 6.29. The van der Waals surface area contributed by atoms with Gasteiger partial charge in [-0.15, -0.1) is 0 Å². The van der Waals surface area contributed by atoms with Crippen LogP contribution in [0.15, 0.2) is 18.3 Å². The lowest BCUT2D eigenvalue weighted by molar-refractivity contribution is 0.0326. The maximum atomic E-state index is 12.8. The van der Waals surface area contributed by atoms with E-state index < -0.39 is 0 Å². The van der Waals surface area contributed by atoms with Crippen LogP contribution in [0.3, 0.4) is 0 Å². The first-order valence-electron chi connectivity index (χ1n) is 9.86. The topological polar surface area (TPSA) is 54.5 Å². The summed E-state index contributed by atoms with van der Waals surface area (Å²) in [4.78, 5) is 19.6. The number of nitrogens with zero attached hydrogens (tertiary/aromatic N) is 2. The maximum Gasteiger partial charge on any atom is 0.256 e. The summed E-state index contributed by atoms with van der Waals surface area (Å²) in [7, 11) is 0. The van der Waals surface area contributed by atoms with Crippen molar-refractivity contribution < 1.29 is 9.53 Å². The van der Waals surface area contributed by atoms with Gasteiger partial charge in [-0.3, -0.25) is 9.69 Å². The number of aromatic nitrogens is 1. The predicted octanol–water partition coefficient (Wildman–Crippen LogP) is 3.40. The Morgan fingerprint density at radius 2 is 1.92 bits per heavy atom. The summed E-state index contributed by atoms with van der Waals surface area (Å²) in [5.74, 6) is 0.358. The third-order valence-electron chi connectivity index (χ3n) is 5.69. The van der Waals surface area contributed by atoms with Gasteiger partial charge in [0.15, 0.2) is 0 Å². The van der Waals surface area contributed by atoms with Gasteiger partial charge in [0.2, 0.25) is 5.88 Å². The summed E-state index contributed by atoms with van der Waals surface area (Å²) < 4.78 is 5.51. The summed E-state index contributed by atoms with van der Waals surface area (Å²) in [5.41, 5.74) is 0.677. The Balaban J connectivity index is 1.69. The Labute approximate surface area is 151 Å². The molecule has 0 atom stereocenters. The normalized spacial score (nSPS) is 20.8. The number of piperidine rings is 1. The van der Waals surface area contributed by atoms with Crippen LogP contribution < -0.4 is 10.1 Å². The van der Waals surface area contributed by atoms with Gasteiger partial charge in [-0.05, 0) is 57.8 Å². The molecule has 1 aliphatic heterocycles. The highest BCUT2D eigenvalue weighted by Gasteiger charge is 2.38. The summed E-state index contributed by atoms with van der Waals surface area (Å²) in [5, 5.41) is 3.21. The van der Waals surface area contributed by atoms with Gasteiger partial charge in [-0.1, -0.05) is 25.7 Å². The van der Waals surface area contributed by atoms with Crippen LogP contribution >= 0.6 is 0 Å². The van der Waals surface area contributed by atoms with Gasteiger partial charge in [-0.2, -0.15) is 0 Å². The van der Waals surface area contributed by atoms with E-state index in [0.29, 0.717) is 18.1 Å². The Hall–Kier alpha value is -1.62. The number of carbonyl (C=O) groups is 1. The van der Waals surface area contributed by atoms with Crippen molar-refractivity contribution in [2.45, 2.75) is 63.8 Å². The first-order chi connectivity index (χ1) is 12.2. The molecule has 2 heterocycles. The van der Waals surface area contributed by atoms with E-state index >= 15 is 0 Å². The zero-order chi connectivity index (χ0) is 17.5. The van der Waals surface area contributed by atoms with E-state index in [1.165, 1.54) is 64.5 Å². The molecule has 0 radical (unpaired) electrons. The summed E-state index contributed by atoms with van der Waals surface area (Å²) in [6.45, 7) is 5.49. The van der Waals surface area contributed by atoms with Gasteiger partial charge < -0.3 is 10.1 Å². The van der Waals surface area contributed by atoms with E-state index in [2.05, 4.69) is 15.2 Å². The third-order valence-corrected chi connectivity index (χ3v) is 5.69. The minimum absolute atomic E-state index is 0.0708. The minimum Gasteiger partial charge on any atom is -0.477 e. The molecule has 1 aromatic rings. The van der Waals surface area contributed by atoms with Crippen molar-refractivity contribution in [2.24, 2.45) is 0 Å². The van der Waals surface area contributed by atoms with Crippen molar-refractivity contribution in [3.05, 3.63) is 23.9 Å². The number of likely N-dealkylation sites (tertiary alicyclic amines) is 1. The van der Waals surface area contributed by atoms with Crippen LogP contribution in [0.4, 0.5) is 0 Å². The zero-order valence-corrected chi connectivity index (χ0v) is 15.4. The summed E-state index contributed by atoms with van der Waals surface area (Å²) in [6.07, 6.45) is 11.8. The monoisotopic (exact) mass is 345 g/mol. The van der Waals surface area contributed by atoms with Gasteiger partial charge in [-0.25, -0.2) is 4.98 Å². The maximum absolute atomic E-state index is 12.8. The molecule has 2 aliphatic rings. The van der Waals surface area contributed by atoms with E-state index in [-0.39, 0.29) is 11.4 Å². The molecule has 0 aromatic carbocycles. The van der Waals surface area contributed by atoms with E-state index in [4.69, 9.17) is 4.74 Å². The number of amides is 1. The van der Waals surface area contributed by atoms with Crippen LogP contribution in [0.1, 0.15) is 68.6 Å². The first kappa shape index (κ1) is 18.2. The molecule has 1 amide bonds. The second-order valence-corrected chi connectivity index (χ2v) is 7.30. The molecule has 1 saturated heterocycles. The lowest BCUT2D eigenvalue weighted by Gasteiger charge is -2.48. The molecule has 25 heavy (non-hydrogen) atoms. The van der Waals surface area contributed by atoms with Crippen molar-refractivity contribution in [1.29, 1.82) is 0 Å². The molecule has 2 fully saturated rings. The van der Waals surface area contributed by atoms with Crippen LogP contribution in [0.5, 0.6) is 5.88 Å². The molecule has 1 aromatic heterocycles. The molecule has 1 saturated carbocycles. The average Bonchev–Trinajstić information content (AvgIpc) is 2.68. The number of hydrogen-bond donors (Lipinski definition) is 1. The number of carbonyl (C=O) groups excluding carboxylic acids is 1. The molecule has 0 spiro atoms.